The molecule has 0 atom stereocenters. The van der Waals surface area contributed by atoms with Crippen molar-refractivity contribution in [2.45, 2.75) is 33.6 Å². The maximum Gasteiger partial charge on any atom is 0.256 e. The van der Waals surface area contributed by atoms with E-state index >= 15 is 0 Å². The van der Waals surface area contributed by atoms with Gasteiger partial charge >= 0.3 is 0 Å². The van der Waals surface area contributed by atoms with Gasteiger partial charge in [0.05, 0.1) is 13.3 Å². The van der Waals surface area contributed by atoms with Crippen molar-refractivity contribution >= 4 is 11.6 Å². The van der Waals surface area contributed by atoms with E-state index in [0.29, 0.717) is 31.0 Å². The Morgan fingerprint density at radius 3 is 2.86 bits per heavy atom. The lowest BCUT2D eigenvalue weighted by atomic mass is 10.0. The van der Waals surface area contributed by atoms with Gasteiger partial charge in [0, 0.05) is 37.6 Å². The van der Waals surface area contributed by atoms with Crippen molar-refractivity contribution in [3.05, 3.63) is 58.5 Å². The van der Waals surface area contributed by atoms with Crippen LogP contribution in [-0.4, -0.2) is 47.4 Å². The Balaban J connectivity index is 1.82. The maximum absolute atomic E-state index is 12.6. The number of hydrogen-bond donors (Lipinski definition) is 1. The molecule has 0 aliphatic rings. The Kier molecular flexibility index (Phi) is 6.82. The van der Waals surface area contributed by atoms with Gasteiger partial charge in [-0.3, -0.25) is 4.79 Å². The molecule has 0 saturated carbocycles. The minimum Gasteiger partial charge on any atom is -0.497 e. The van der Waals surface area contributed by atoms with E-state index in [9.17, 15) is 4.79 Å². The summed E-state index contributed by atoms with van der Waals surface area (Å²) < 4.78 is 12.4. The summed E-state index contributed by atoms with van der Waals surface area (Å²) in [4.78, 5) is 17.3. The van der Waals surface area contributed by atoms with Gasteiger partial charge in [-0.15, -0.1) is 0 Å². The number of aryl methyl sites for hydroxylation is 2. The molecule has 3 rings (SSSR count). The van der Waals surface area contributed by atoms with Gasteiger partial charge in [0.1, 0.15) is 11.3 Å². The molecule has 0 radical (unpaired) electrons. The van der Waals surface area contributed by atoms with Crippen molar-refractivity contribution in [3.8, 4) is 5.75 Å². The monoisotopic (exact) mass is 396 g/mol. The predicted octanol–water partition coefficient (Wildman–Crippen LogP) is 3.10. The SMILES string of the molecule is CCOCCCNC(=O)c1cnn2c(C)c(Cc3cccc(OC)c3)c(C)nc12. The van der Waals surface area contributed by atoms with Crippen LogP contribution in [0.25, 0.3) is 5.65 Å². The van der Waals surface area contributed by atoms with Gasteiger partial charge in [0.15, 0.2) is 5.65 Å². The van der Waals surface area contributed by atoms with Crippen LogP contribution in [0, 0.1) is 13.8 Å². The van der Waals surface area contributed by atoms with Crippen molar-refractivity contribution in [2.75, 3.05) is 26.9 Å². The fourth-order valence-electron chi connectivity index (χ4n) is 3.33. The normalized spacial score (nSPS) is 11.0. The molecule has 7 heteroatoms. The molecule has 2 heterocycles. The summed E-state index contributed by atoms with van der Waals surface area (Å²) in [6.07, 6.45) is 3.08. The smallest absolute Gasteiger partial charge is 0.256 e. The lowest BCUT2D eigenvalue weighted by molar-refractivity contribution is 0.0945. The van der Waals surface area contributed by atoms with E-state index in [-0.39, 0.29) is 5.91 Å². The second-order valence-corrected chi connectivity index (χ2v) is 6.89. The number of rotatable bonds is 9. The molecule has 2 aromatic heterocycles. The van der Waals surface area contributed by atoms with Crippen LogP contribution in [0.15, 0.2) is 30.5 Å². The van der Waals surface area contributed by atoms with Gasteiger partial charge in [-0.1, -0.05) is 12.1 Å². The third-order valence-electron chi connectivity index (χ3n) is 4.92. The highest BCUT2D eigenvalue weighted by Crippen LogP contribution is 2.22. The van der Waals surface area contributed by atoms with Gasteiger partial charge in [-0.2, -0.15) is 5.10 Å². The first-order chi connectivity index (χ1) is 14.0. The Hall–Kier alpha value is -2.93. The van der Waals surface area contributed by atoms with Crippen molar-refractivity contribution in [1.29, 1.82) is 0 Å². The highest BCUT2D eigenvalue weighted by Gasteiger charge is 2.18. The number of ether oxygens (including phenoxy) is 2. The largest absolute Gasteiger partial charge is 0.497 e. The van der Waals surface area contributed by atoms with Gasteiger partial charge in [-0.25, -0.2) is 9.50 Å². The number of nitrogens with one attached hydrogen (secondary N) is 1. The van der Waals surface area contributed by atoms with Gasteiger partial charge in [-0.05, 0) is 50.5 Å². The number of nitrogens with zero attached hydrogens (tertiary/aromatic N) is 3. The molecule has 1 N–H and O–H groups in total. The topological polar surface area (TPSA) is 77.8 Å². The zero-order valence-electron chi connectivity index (χ0n) is 17.5. The van der Waals surface area contributed by atoms with E-state index in [2.05, 4.69) is 16.5 Å². The van der Waals surface area contributed by atoms with E-state index in [4.69, 9.17) is 14.5 Å². The van der Waals surface area contributed by atoms with Crippen molar-refractivity contribution in [1.82, 2.24) is 19.9 Å². The Morgan fingerprint density at radius 1 is 1.28 bits per heavy atom. The molecule has 7 nitrogen and oxygen atoms in total. The van der Waals surface area contributed by atoms with Crippen LogP contribution in [0.2, 0.25) is 0 Å². The van der Waals surface area contributed by atoms with E-state index < -0.39 is 0 Å². The fourth-order valence-corrected chi connectivity index (χ4v) is 3.33. The molecule has 0 unspecified atom stereocenters. The highest BCUT2D eigenvalue weighted by molar-refractivity contribution is 5.99. The van der Waals surface area contributed by atoms with Crippen LogP contribution in [0.5, 0.6) is 5.75 Å². The van der Waals surface area contributed by atoms with E-state index in [0.717, 1.165) is 41.1 Å². The second-order valence-electron chi connectivity index (χ2n) is 6.89. The number of methoxy groups -OCH3 is 1. The molecule has 0 bridgehead atoms. The first-order valence-electron chi connectivity index (χ1n) is 9.87. The molecule has 1 amide bonds. The molecule has 1 aromatic carbocycles. The lowest BCUT2D eigenvalue weighted by Crippen LogP contribution is -2.25. The average Bonchev–Trinajstić information content (AvgIpc) is 3.15. The molecule has 0 aliphatic heterocycles. The third-order valence-corrected chi connectivity index (χ3v) is 4.92. The van der Waals surface area contributed by atoms with Crippen LogP contribution < -0.4 is 10.1 Å². The van der Waals surface area contributed by atoms with Crippen LogP contribution in [0.4, 0.5) is 0 Å². The molecule has 0 aliphatic carbocycles. The molecule has 0 saturated heterocycles. The fraction of sp³-hybridized carbons (Fsp3) is 0.409. The average molecular weight is 396 g/mol. The summed E-state index contributed by atoms with van der Waals surface area (Å²) in [5.41, 5.74) is 5.17. The molecule has 0 fully saturated rings. The Morgan fingerprint density at radius 2 is 2.10 bits per heavy atom. The number of hydrogen-bond acceptors (Lipinski definition) is 5. The standard InChI is InChI=1S/C22H28N4O3/c1-5-29-11-7-10-23-22(27)20-14-24-26-16(3)19(15(2)25-21(20)26)13-17-8-6-9-18(12-17)28-4/h6,8-9,12,14H,5,7,10-11,13H2,1-4H3,(H,23,27). The van der Waals surface area contributed by atoms with E-state index in [1.165, 1.54) is 0 Å². The van der Waals surface area contributed by atoms with Crippen LogP contribution in [-0.2, 0) is 11.2 Å². The third kappa shape index (κ3) is 4.74. The summed E-state index contributed by atoms with van der Waals surface area (Å²) in [5, 5.41) is 7.33. The van der Waals surface area contributed by atoms with Crippen molar-refractivity contribution < 1.29 is 14.3 Å². The second kappa shape index (κ2) is 9.52. The van der Waals surface area contributed by atoms with Crippen LogP contribution in [0.1, 0.15) is 46.2 Å². The summed E-state index contributed by atoms with van der Waals surface area (Å²) in [7, 11) is 1.66. The number of amides is 1. The van der Waals surface area contributed by atoms with Crippen LogP contribution >= 0.6 is 0 Å². The number of carbonyl (C=O) groups excluding carboxylic acids is 1. The number of carbonyl (C=O) groups is 1. The van der Waals surface area contributed by atoms with Gasteiger partial charge in [0.25, 0.3) is 5.91 Å². The van der Waals surface area contributed by atoms with Gasteiger partial charge in [0.2, 0.25) is 0 Å². The summed E-state index contributed by atoms with van der Waals surface area (Å²) in [6, 6.07) is 7.99. The number of benzene rings is 1. The zero-order valence-corrected chi connectivity index (χ0v) is 17.5. The zero-order chi connectivity index (χ0) is 20.8. The highest BCUT2D eigenvalue weighted by atomic mass is 16.5. The quantitative estimate of drug-likeness (QED) is 0.563. The minimum absolute atomic E-state index is 0.164. The first kappa shape index (κ1) is 20.8. The Labute approximate surface area is 171 Å². The maximum atomic E-state index is 12.6. The summed E-state index contributed by atoms with van der Waals surface area (Å²) in [5.74, 6) is 0.664. The van der Waals surface area contributed by atoms with Crippen molar-refractivity contribution in [2.24, 2.45) is 0 Å². The molecule has 3 aromatic rings. The lowest BCUT2D eigenvalue weighted by Gasteiger charge is -2.12. The van der Waals surface area contributed by atoms with E-state index in [1.54, 1.807) is 17.8 Å². The van der Waals surface area contributed by atoms with Gasteiger partial charge < -0.3 is 14.8 Å². The molecule has 154 valence electrons. The summed E-state index contributed by atoms with van der Waals surface area (Å²) >= 11 is 0. The van der Waals surface area contributed by atoms with Crippen molar-refractivity contribution in [3.63, 3.8) is 0 Å². The number of aromatic nitrogens is 3. The van der Waals surface area contributed by atoms with E-state index in [1.807, 2.05) is 39.0 Å². The molecule has 0 spiro atoms. The minimum atomic E-state index is -0.164. The Bertz CT molecular complexity index is 997. The van der Waals surface area contributed by atoms with Crippen LogP contribution in [0.3, 0.4) is 0 Å². The summed E-state index contributed by atoms with van der Waals surface area (Å²) in [6.45, 7) is 7.81. The molecule has 29 heavy (non-hydrogen) atoms. The number of fused-ring (bicyclic) bond motifs is 1. The molecular weight excluding hydrogens is 368 g/mol. The first-order valence-corrected chi connectivity index (χ1v) is 9.87. The predicted molar refractivity (Wildman–Crippen MR) is 112 cm³/mol. The molecular formula is C22H28N4O3.